The van der Waals surface area contributed by atoms with Crippen molar-refractivity contribution in [2.24, 2.45) is 0 Å². The van der Waals surface area contributed by atoms with Gasteiger partial charge in [-0.2, -0.15) is 0 Å². The van der Waals surface area contributed by atoms with Crippen LogP contribution in [-0.2, 0) is 9.59 Å². The number of hydrogen-bond acceptors (Lipinski definition) is 6. The predicted molar refractivity (Wildman–Crippen MR) is 62.3 cm³/mol. The molecule has 0 aromatic rings. The summed E-state index contributed by atoms with van der Waals surface area (Å²) in [5, 5.41) is 53.7. The quantitative estimate of drug-likeness (QED) is 0.273. The van der Waals surface area contributed by atoms with E-state index < -0.39 is 49.4 Å². The fourth-order valence-corrected chi connectivity index (χ4v) is 1.53. The van der Waals surface area contributed by atoms with Gasteiger partial charge in [-0.25, -0.2) is 4.79 Å². The van der Waals surface area contributed by atoms with Crippen LogP contribution in [0.4, 0.5) is 0 Å². The molecule has 2 atom stereocenters. The van der Waals surface area contributed by atoms with Crippen LogP contribution in [0, 0.1) is 0 Å². The van der Waals surface area contributed by atoms with Gasteiger partial charge >= 0.3 is 11.9 Å². The van der Waals surface area contributed by atoms with Gasteiger partial charge in [0.15, 0.2) is 0 Å². The van der Waals surface area contributed by atoms with Gasteiger partial charge < -0.3 is 30.6 Å². The van der Waals surface area contributed by atoms with Crippen LogP contribution in [-0.4, -0.2) is 68.0 Å². The summed E-state index contributed by atoms with van der Waals surface area (Å²) >= 11 is 0. The van der Waals surface area contributed by atoms with E-state index in [1.54, 1.807) is 0 Å². The Hall–Kier alpha value is -1.48. The molecule has 0 fully saturated rings. The zero-order chi connectivity index (χ0) is 15.0. The van der Waals surface area contributed by atoms with E-state index in [9.17, 15) is 19.8 Å². The van der Waals surface area contributed by atoms with Gasteiger partial charge in [0.2, 0.25) is 0 Å². The Bertz CT molecular complexity index is 335. The normalized spacial score (nSPS) is 13.7. The maximum atomic E-state index is 11.0. The molecular formula is C11H18O8. The molecule has 0 heterocycles. The molecule has 0 aliphatic rings. The highest BCUT2D eigenvalue weighted by molar-refractivity contribution is 5.92. The lowest BCUT2D eigenvalue weighted by molar-refractivity contribution is -0.139. The summed E-state index contributed by atoms with van der Waals surface area (Å²) < 4.78 is 0. The minimum atomic E-state index is -1.48. The highest BCUT2D eigenvalue weighted by Gasteiger charge is 2.21. The third kappa shape index (κ3) is 6.87. The van der Waals surface area contributed by atoms with E-state index in [-0.39, 0.29) is 18.4 Å². The van der Waals surface area contributed by atoms with Gasteiger partial charge in [0.25, 0.3) is 0 Å². The standard InChI is InChI=1S/C11H18O8/c12-4-7(14)1-6(2-8(15)5-13)9(11(18)19)3-10(16)17/h7-8,12-15H,1-5H2,(H,16,17)(H,18,19). The van der Waals surface area contributed by atoms with E-state index >= 15 is 0 Å². The fraction of sp³-hybridized carbons (Fsp3) is 0.636. The molecule has 8 nitrogen and oxygen atoms in total. The molecule has 0 amide bonds. The maximum absolute atomic E-state index is 11.0. The third-order valence-electron chi connectivity index (χ3n) is 2.40. The van der Waals surface area contributed by atoms with Crippen molar-refractivity contribution < 1.29 is 40.2 Å². The van der Waals surface area contributed by atoms with Gasteiger partial charge in [-0.05, 0) is 12.8 Å². The number of carboxylic acid groups (broad SMARTS) is 2. The SMILES string of the molecule is O=C(O)CC(C(=O)O)=C(CC(O)CO)CC(O)CO. The highest BCUT2D eigenvalue weighted by atomic mass is 16.4. The lowest BCUT2D eigenvalue weighted by Crippen LogP contribution is -2.21. The Balaban J connectivity index is 5.30. The molecule has 0 saturated carbocycles. The van der Waals surface area contributed by atoms with Crippen molar-refractivity contribution in [2.45, 2.75) is 31.5 Å². The molecule has 0 saturated heterocycles. The van der Waals surface area contributed by atoms with Crippen LogP contribution in [0.5, 0.6) is 0 Å². The third-order valence-corrected chi connectivity index (χ3v) is 2.40. The van der Waals surface area contributed by atoms with Crippen molar-refractivity contribution in [2.75, 3.05) is 13.2 Å². The average molecular weight is 278 g/mol. The zero-order valence-corrected chi connectivity index (χ0v) is 10.2. The second-order valence-corrected chi connectivity index (χ2v) is 4.04. The molecular weight excluding hydrogens is 260 g/mol. The highest BCUT2D eigenvalue weighted by Crippen LogP contribution is 2.20. The summed E-state index contributed by atoms with van der Waals surface area (Å²) in [4.78, 5) is 21.6. The van der Waals surface area contributed by atoms with Crippen molar-refractivity contribution in [3.8, 4) is 0 Å². The van der Waals surface area contributed by atoms with E-state index in [2.05, 4.69) is 0 Å². The summed E-state index contributed by atoms with van der Waals surface area (Å²) in [7, 11) is 0. The Morgan fingerprint density at radius 1 is 0.895 bits per heavy atom. The summed E-state index contributed by atoms with van der Waals surface area (Å²) in [6.07, 6.45) is -3.88. The molecule has 6 N–H and O–H groups in total. The van der Waals surface area contributed by atoms with Crippen LogP contribution in [0.2, 0.25) is 0 Å². The number of aliphatic hydroxyl groups is 4. The molecule has 0 radical (unpaired) electrons. The molecule has 0 aromatic carbocycles. The minimum absolute atomic E-state index is 0.0157. The molecule has 0 rings (SSSR count). The molecule has 0 bridgehead atoms. The van der Waals surface area contributed by atoms with Crippen molar-refractivity contribution in [1.29, 1.82) is 0 Å². The fourth-order valence-electron chi connectivity index (χ4n) is 1.53. The smallest absolute Gasteiger partial charge is 0.332 e. The summed E-state index contributed by atoms with van der Waals surface area (Å²) in [6, 6.07) is 0. The van der Waals surface area contributed by atoms with Crippen LogP contribution in [0.25, 0.3) is 0 Å². The van der Waals surface area contributed by atoms with E-state index in [0.29, 0.717) is 0 Å². The van der Waals surface area contributed by atoms with Crippen molar-refractivity contribution in [1.82, 2.24) is 0 Å². The molecule has 2 unspecified atom stereocenters. The zero-order valence-electron chi connectivity index (χ0n) is 10.2. The molecule has 0 aliphatic heterocycles. The van der Waals surface area contributed by atoms with E-state index in [1.807, 2.05) is 0 Å². The van der Waals surface area contributed by atoms with Gasteiger partial charge in [-0.3, -0.25) is 4.79 Å². The Kier molecular flexibility index (Phi) is 7.92. The van der Waals surface area contributed by atoms with Gasteiger partial charge in [0.1, 0.15) is 0 Å². The van der Waals surface area contributed by atoms with Crippen LogP contribution < -0.4 is 0 Å². The Morgan fingerprint density at radius 2 is 1.32 bits per heavy atom. The monoisotopic (exact) mass is 278 g/mol. The second-order valence-electron chi connectivity index (χ2n) is 4.04. The van der Waals surface area contributed by atoms with E-state index in [1.165, 1.54) is 0 Å². The average Bonchev–Trinajstić information content (AvgIpc) is 2.34. The minimum Gasteiger partial charge on any atom is -0.481 e. The topological polar surface area (TPSA) is 156 Å². The van der Waals surface area contributed by atoms with Crippen LogP contribution in [0.3, 0.4) is 0 Å². The predicted octanol–water partition coefficient (Wildman–Crippen LogP) is -1.67. The maximum Gasteiger partial charge on any atom is 0.332 e. The summed E-state index contributed by atoms with van der Waals surface area (Å²) in [5.74, 6) is -2.85. The largest absolute Gasteiger partial charge is 0.481 e. The number of carboxylic acids is 2. The van der Waals surface area contributed by atoms with E-state index in [0.717, 1.165) is 0 Å². The van der Waals surface area contributed by atoms with Gasteiger partial charge in [-0.1, -0.05) is 5.57 Å². The second kappa shape index (κ2) is 8.59. The molecule has 19 heavy (non-hydrogen) atoms. The van der Waals surface area contributed by atoms with Gasteiger partial charge in [0.05, 0.1) is 31.8 Å². The van der Waals surface area contributed by atoms with Gasteiger partial charge in [-0.15, -0.1) is 0 Å². The first kappa shape index (κ1) is 17.5. The number of carbonyl (C=O) groups is 2. The van der Waals surface area contributed by atoms with Crippen molar-refractivity contribution in [3.05, 3.63) is 11.1 Å². The Morgan fingerprint density at radius 3 is 1.58 bits per heavy atom. The number of aliphatic carboxylic acids is 2. The summed E-state index contributed by atoms with van der Waals surface area (Å²) in [6.45, 7) is -1.25. The first-order chi connectivity index (χ1) is 8.81. The van der Waals surface area contributed by atoms with Crippen LogP contribution >= 0.6 is 0 Å². The number of aliphatic hydroxyl groups excluding tert-OH is 4. The lowest BCUT2D eigenvalue weighted by Gasteiger charge is -2.17. The first-order valence-electron chi connectivity index (χ1n) is 5.55. The molecule has 0 spiro atoms. The lowest BCUT2D eigenvalue weighted by atomic mass is 9.94. The van der Waals surface area contributed by atoms with Crippen LogP contribution in [0.1, 0.15) is 19.3 Å². The van der Waals surface area contributed by atoms with Crippen molar-refractivity contribution in [3.63, 3.8) is 0 Å². The Labute approximate surface area is 109 Å². The van der Waals surface area contributed by atoms with Gasteiger partial charge in [0, 0.05) is 5.57 Å². The molecule has 110 valence electrons. The number of rotatable bonds is 9. The van der Waals surface area contributed by atoms with Crippen LogP contribution in [0.15, 0.2) is 11.1 Å². The van der Waals surface area contributed by atoms with Crippen molar-refractivity contribution >= 4 is 11.9 Å². The molecule has 0 aromatic heterocycles. The molecule has 0 aliphatic carbocycles. The number of hydrogen-bond donors (Lipinski definition) is 6. The summed E-state index contributed by atoms with van der Waals surface area (Å²) in [5.41, 5.74) is -0.481. The molecule has 8 heteroatoms. The first-order valence-corrected chi connectivity index (χ1v) is 5.55. The van der Waals surface area contributed by atoms with E-state index in [4.69, 9.17) is 20.4 Å².